The first-order chi connectivity index (χ1) is 18.9. The summed E-state index contributed by atoms with van der Waals surface area (Å²) >= 11 is 0. The molecule has 1 aliphatic rings. The van der Waals surface area contributed by atoms with Crippen LogP contribution in [0.5, 0.6) is 17.2 Å². The number of hydrogen-bond donors (Lipinski definition) is 2. The number of piperazine rings is 1. The molecule has 0 unspecified atom stereocenters. The summed E-state index contributed by atoms with van der Waals surface area (Å²) in [7, 11) is 4.68. The van der Waals surface area contributed by atoms with Gasteiger partial charge in [-0.25, -0.2) is 0 Å². The Labute approximate surface area is 229 Å². The van der Waals surface area contributed by atoms with Crippen molar-refractivity contribution < 1.29 is 23.8 Å². The summed E-state index contributed by atoms with van der Waals surface area (Å²) in [6, 6.07) is 18.5. The highest BCUT2D eigenvalue weighted by Gasteiger charge is 2.25. The van der Waals surface area contributed by atoms with E-state index >= 15 is 0 Å². The lowest BCUT2D eigenvalue weighted by atomic mass is 10.1. The van der Waals surface area contributed by atoms with E-state index in [1.54, 1.807) is 31.4 Å². The average molecular weight is 533 g/mol. The van der Waals surface area contributed by atoms with Crippen molar-refractivity contribution in [2.75, 3.05) is 62.6 Å². The Morgan fingerprint density at radius 3 is 1.87 bits per heavy atom. The number of anilines is 3. The van der Waals surface area contributed by atoms with E-state index in [-0.39, 0.29) is 17.5 Å². The second-order valence-electron chi connectivity index (χ2n) is 9.50. The molecule has 4 rings (SSSR count). The van der Waals surface area contributed by atoms with E-state index in [4.69, 9.17) is 14.2 Å². The van der Waals surface area contributed by atoms with Crippen LogP contribution in [0, 0.1) is 0 Å². The highest BCUT2D eigenvalue weighted by atomic mass is 16.5. The van der Waals surface area contributed by atoms with Gasteiger partial charge in [0, 0.05) is 43.6 Å². The Kier molecular flexibility index (Phi) is 8.81. The minimum absolute atomic E-state index is 0.0381. The normalized spacial score (nSPS) is 13.2. The third kappa shape index (κ3) is 6.19. The van der Waals surface area contributed by atoms with E-state index in [1.165, 1.54) is 14.2 Å². The van der Waals surface area contributed by atoms with Gasteiger partial charge in [0.05, 0.1) is 32.6 Å². The van der Waals surface area contributed by atoms with Crippen molar-refractivity contribution in [3.05, 3.63) is 71.8 Å². The number of hydrogen-bond acceptors (Lipinski definition) is 7. The largest absolute Gasteiger partial charge is 0.496 e. The van der Waals surface area contributed by atoms with Gasteiger partial charge in [0.1, 0.15) is 22.8 Å². The van der Waals surface area contributed by atoms with Gasteiger partial charge in [0.25, 0.3) is 11.8 Å². The zero-order valence-electron chi connectivity index (χ0n) is 23.1. The topological polar surface area (TPSA) is 92.4 Å². The van der Waals surface area contributed by atoms with E-state index in [0.717, 1.165) is 43.3 Å². The molecule has 0 saturated carbocycles. The van der Waals surface area contributed by atoms with Gasteiger partial charge in [-0.3, -0.25) is 9.59 Å². The van der Waals surface area contributed by atoms with Crippen LogP contribution < -0.4 is 34.6 Å². The van der Waals surface area contributed by atoms with Gasteiger partial charge in [0.15, 0.2) is 0 Å². The Bertz CT molecular complexity index is 1300. The monoisotopic (exact) mass is 532 g/mol. The molecular weight excluding hydrogens is 496 g/mol. The van der Waals surface area contributed by atoms with Crippen LogP contribution in [0.1, 0.15) is 34.6 Å². The molecule has 39 heavy (non-hydrogen) atoms. The van der Waals surface area contributed by atoms with Crippen molar-refractivity contribution >= 4 is 28.9 Å². The standard InChI is InChI=1S/C30H36N4O5/c1-20(2)31-29(35)22-19-21(32-30(36)28-26(38-4)11-8-12-27(28)39-5)13-14-23(22)33-15-17-34(18-16-33)24-9-6-7-10-25(24)37-3/h6-14,19-20H,15-18H2,1-5H3,(H,31,35)(H,32,36). The number of rotatable bonds is 9. The van der Waals surface area contributed by atoms with E-state index in [2.05, 4.69) is 26.5 Å². The van der Waals surface area contributed by atoms with Crippen molar-refractivity contribution in [3.8, 4) is 17.2 Å². The van der Waals surface area contributed by atoms with Crippen molar-refractivity contribution in [1.82, 2.24) is 5.32 Å². The zero-order chi connectivity index (χ0) is 27.9. The van der Waals surface area contributed by atoms with Gasteiger partial charge in [-0.2, -0.15) is 0 Å². The Balaban J connectivity index is 1.59. The first-order valence-corrected chi connectivity index (χ1v) is 13.0. The highest BCUT2D eigenvalue weighted by molar-refractivity contribution is 6.09. The number of benzene rings is 3. The fourth-order valence-electron chi connectivity index (χ4n) is 4.76. The Morgan fingerprint density at radius 1 is 0.718 bits per heavy atom. The van der Waals surface area contributed by atoms with Crippen LogP contribution in [0.15, 0.2) is 60.7 Å². The summed E-state index contributed by atoms with van der Waals surface area (Å²) in [5.74, 6) is 1.05. The van der Waals surface area contributed by atoms with Gasteiger partial charge >= 0.3 is 0 Å². The Hall–Kier alpha value is -4.40. The molecule has 0 atom stereocenters. The van der Waals surface area contributed by atoms with Crippen LogP contribution in [0.2, 0.25) is 0 Å². The third-order valence-electron chi connectivity index (χ3n) is 6.62. The number of ether oxygens (including phenoxy) is 3. The molecule has 1 saturated heterocycles. The van der Waals surface area contributed by atoms with Crippen LogP contribution in [0.3, 0.4) is 0 Å². The molecule has 2 amide bonds. The zero-order valence-corrected chi connectivity index (χ0v) is 23.1. The van der Waals surface area contributed by atoms with Crippen molar-refractivity contribution in [1.29, 1.82) is 0 Å². The maximum absolute atomic E-state index is 13.3. The lowest BCUT2D eigenvalue weighted by molar-refractivity contribution is 0.0942. The molecule has 0 spiro atoms. The molecule has 206 valence electrons. The summed E-state index contributed by atoms with van der Waals surface area (Å²) < 4.78 is 16.3. The summed E-state index contributed by atoms with van der Waals surface area (Å²) in [6.45, 7) is 6.84. The number of amides is 2. The van der Waals surface area contributed by atoms with Gasteiger partial charge in [-0.15, -0.1) is 0 Å². The minimum Gasteiger partial charge on any atom is -0.496 e. The van der Waals surface area contributed by atoms with Crippen molar-refractivity contribution in [3.63, 3.8) is 0 Å². The van der Waals surface area contributed by atoms with Gasteiger partial charge in [-0.1, -0.05) is 18.2 Å². The SMILES string of the molecule is COc1ccccc1N1CCN(c2ccc(NC(=O)c3c(OC)cccc3OC)cc2C(=O)NC(C)C)CC1. The average Bonchev–Trinajstić information content (AvgIpc) is 2.96. The number of methoxy groups -OCH3 is 3. The third-order valence-corrected chi connectivity index (χ3v) is 6.62. The molecule has 0 bridgehead atoms. The second-order valence-corrected chi connectivity index (χ2v) is 9.50. The number of nitrogens with one attached hydrogen (secondary N) is 2. The maximum Gasteiger partial charge on any atom is 0.263 e. The molecule has 0 aromatic heterocycles. The van der Waals surface area contributed by atoms with Crippen molar-refractivity contribution in [2.45, 2.75) is 19.9 Å². The van der Waals surface area contributed by atoms with Crippen LogP contribution in [-0.4, -0.2) is 65.4 Å². The fraction of sp³-hybridized carbons (Fsp3) is 0.333. The predicted molar refractivity (Wildman–Crippen MR) is 154 cm³/mol. The van der Waals surface area contributed by atoms with E-state index in [0.29, 0.717) is 22.7 Å². The number of carbonyl (C=O) groups is 2. The molecule has 2 N–H and O–H groups in total. The predicted octanol–water partition coefficient (Wildman–Crippen LogP) is 4.43. The van der Waals surface area contributed by atoms with Gasteiger partial charge in [0.2, 0.25) is 0 Å². The molecule has 9 nitrogen and oxygen atoms in total. The minimum atomic E-state index is -0.391. The number of para-hydroxylation sites is 2. The summed E-state index contributed by atoms with van der Waals surface area (Å²) in [4.78, 5) is 31.0. The fourth-order valence-corrected chi connectivity index (χ4v) is 4.76. The second kappa shape index (κ2) is 12.4. The first kappa shape index (κ1) is 27.6. The molecule has 9 heteroatoms. The number of carbonyl (C=O) groups excluding carboxylic acids is 2. The summed E-state index contributed by atoms with van der Waals surface area (Å²) in [6.07, 6.45) is 0. The summed E-state index contributed by atoms with van der Waals surface area (Å²) in [5, 5.41) is 5.90. The molecule has 0 radical (unpaired) electrons. The van der Waals surface area contributed by atoms with Gasteiger partial charge < -0.3 is 34.6 Å². The smallest absolute Gasteiger partial charge is 0.263 e. The van der Waals surface area contributed by atoms with Crippen LogP contribution in [-0.2, 0) is 0 Å². The van der Waals surface area contributed by atoms with E-state index in [9.17, 15) is 9.59 Å². The maximum atomic E-state index is 13.3. The van der Waals surface area contributed by atoms with Gasteiger partial charge in [-0.05, 0) is 56.3 Å². The molecular formula is C30H36N4O5. The quantitative estimate of drug-likeness (QED) is 0.421. The molecule has 3 aromatic carbocycles. The van der Waals surface area contributed by atoms with Crippen LogP contribution in [0.4, 0.5) is 17.1 Å². The molecule has 3 aromatic rings. The van der Waals surface area contributed by atoms with Crippen molar-refractivity contribution in [2.24, 2.45) is 0 Å². The van der Waals surface area contributed by atoms with E-state index < -0.39 is 5.91 Å². The molecule has 1 heterocycles. The van der Waals surface area contributed by atoms with Crippen LogP contribution in [0.25, 0.3) is 0 Å². The molecule has 0 aliphatic carbocycles. The molecule has 1 aliphatic heterocycles. The summed E-state index contributed by atoms with van der Waals surface area (Å²) in [5.41, 5.74) is 3.16. The van der Waals surface area contributed by atoms with E-state index in [1.807, 2.05) is 44.2 Å². The first-order valence-electron chi connectivity index (χ1n) is 13.0. The Morgan fingerprint density at radius 2 is 1.28 bits per heavy atom. The van der Waals surface area contributed by atoms with Crippen LogP contribution >= 0.6 is 0 Å². The lowest BCUT2D eigenvalue weighted by Gasteiger charge is -2.38. The number of nitrogens with zero attached hydrogens (tertiary/aromatic N) is 2. The molecule has 1 fully saturated rings. The highest BCUT2D eigenvalue weighted by Crippen LogP contribution is 2.32. The lowest BCUT2D eigenvalue weighted by Crippen LogP contribution is -2.47.